The van der Waals surface area contributed by atoms with E-state index in [1.54, 1.807) is 0 Å². The summed E-state index contributed by atoms with van der Waals surface area (Å²) in [5, 5.41) is 3.09. The first-order valence-corrected chi connectivity index (χ1v) is 4.53. The lowest BCUT2D eigenvalue weighted by atomic mass is 9.75. The number of amides is 1. The quantitative estimate of drug-likeness (QED) is 0.662. The highest BCUT2D eigenvalue weighted by Crippen LogP contribution is 2.34. The lowest BCUT2D eigenvalue weighted by Crippen LogP contribution is -2.52. The molecule has 1 fully saturated rings. The number of rotatable bonds is 3. The Labute approximate surface area is 68.4 Å². The molecule has 1 saturated carbocycles. The molecule has 64 valence electrons. The molecule has 2 nitrogen and oxygen atoms in total. The average Bonchev–Trinajstić information content (AvgIpc) is 1.96. The summed E-state index contributed by atoms with van der Waals surface area (Å²) in [6, 6.07) is 0. The predicted octanol–water partition coefficient (Wildman–Crippen LogP) is 1.85. The van der Waals surface area contributed by atoms with Gasteiger partial charge in [0.05, 0.1) is 0 Å². The van der Waals surface area contributed by atoms with Gasteiger partial charge in [-0.3, -0.25) is 4.79 Å². The van der Waals surface area contributed by atoms with E-state index in [1.807, 2.05) is 6.92 Å². The molecule has 2 heteroatoms. The SMILES string of the molecule is CCC(=O)NC1(CC)CCC1. The number of hydrogen-bond donors (Lipinski definition) is 1. The van der Waals surface area contributed by atoms with Crippen molar-refractivity contribution in [2.45, 2.75) is 51.5 Å². The largest absolute Gasteiger partial charge is 0.351 e. The molecule has 0 spiro atoms. The van der Waals surface area contributed by atoms with Gasteiger partial charge in [-0.25, -0.2) is 0 Å². The van der Waals surface area contributed by atoms with E-state index in [9.17, 15) is 4.79 Å². The summed E-state index contributed by atoms with van der Waals surface area (Å²) in [6.07, 6.45) is 5.32. The maximum absolute atomic E-state index is 11.1. The summed E-state index contributed by atoms with van der Waals surface area (Å²) in [5.74, 6) is 0.201. The minimum Gasteiger partial charge on any atom is -0.351 e. The van der Waals surface area contributed by atoms with Crippen molar-refractivity contribution in [2.75, 3.05) is 0 Å². The fraction of sp³-hybridized carbons (Fsp3) is 0.889. The molecule has 1 N–H and O–H groups in total. The van der Waals surface area contributed by atoms with Gasteiger partial charge in [0.25, 0.3) is 0 Å². The van der Waals surface area contributed by atoms with Crippen LogP contribution in [0.4, 0.5) is 0 Å². The third-order valence-electron chi connectivity index (χ3n) is 2.71. The van der Waals surface area contributed by atoms with Gasteiger partial charge >= 0.3 is 0 Å². The summed E-state index contributed by atoms with van der Waals surface area (Å²) < 4.78 is 0. The second-order valence-electron chi connectivity index (χ2n) is 3.39. The van der Waals surface area contributed by atoms with E-state index < -0.39 is 0 Å². The third kappa shape index (κ3) is 1.73. The van der Waals surface area contributed by atoms with Gasteiger partial charge in [0.1, 0.15) is 0 Å². The third-order valence-corrected chi connectivity index (χ3v) is 2.71. The van der Waals surface area contributed by atoms with Gasteiger partial charge in [-0.2, -0.15) is 0 Å². The van der Waals surface area contributed by atoms with Gasteiger partial charge in [-0.05, 0) is 25.7 Å². The predicted molar refractivity (Wildman–Crippen MR) is 45.3 cm³/mol. The first kappa shape index (κ1) is 8.57. The van der Waals surface area contributed by atoms with E-state index >= 15 is 0 Å². The van der Waals surface area contributed by atoms with Crippen molar-refractivity contribution < 1.29 is 4.79 Å². The van der Waals surface area contributed by atoms with Crippen molar-refractivity contribution in [1.29, 1.82) is 0 Å². The lowest BCUT2D eigenvalue weighted by molar-refractivity contribution is -0.123. The maximum atomic E-state index is 11.1. The van der Waals surface area contributed by atoms with Gasteiger partial charge in [0.15, 0.2) is 0 Å². The molecule has 0 aliphatic heterocycles. The normalized spacial score (nSPS) is 20.5. The smallest absolute Gasteiger partial charge is 0.220 e. The van der Waals surface area contributed by atoms with Crippen LogP contribution in [-0.4, -0.2) is 11.4 Å². The van der Waals surface area contributed by atoms with Crippen LogP contribution in [0.15, 0.2) is 0 Å². The van der Waals surface area contributed by atoms with Crippen LogP contribution < -0.4 is 5.32 Å². The van der Waals surface area contributed by atoms with E-state index in [2.05, 4.69) is 12.2 Å². The van der Waals surface area contributed by atoms with Crippen LogP contribution in [-0.2, 0) is 4.79 Å². The molecule has 0 heterocycles. The van der Waals surface area contributed by atoms with Crippen molar-refractivity contribution in [3.05, 3.63) is 0 Å². The van der Waals surface area contributed by atoms with E-state index in [4.69, 9.17) is 0 Å². The molecule has 0 radical (unpaired) electrons. The Hall–Kier alpha value is -0.530. The van der Waals surface area contributed by atoms with E-state index in [0.717, 1.165) is 6.42 Å². The van der Waals surface area contributed by atoms with Crippen LogP contribution in [0, 0.1) is 0 Å². The molecule has 11 heavy (non-hydrogen) atoms. The molecule has 0 bridgehead atoms. The molecule has 0 atom stereocenters. The first-order chi connectivity index (χ1) is 5.22. The monoisotopic (exact) mass is 155 g/mol. The average molecular weight is 155 g/mol. The van der Waals surface area contributed by atoms with Gasteiger partial charge in [0.2, 0.25) is 5.91 Å². The molecule has 1 rings (SSSR count). The maximum Gasteiger partial charge on any atom is 0.220 e. The number of hydrogen-bond acceptors (Lipinski definition) is 1. The summed E-state index contributed by atoms with van der Waals surface area (Å²) in [5.41, 5.74) is 0.188. The Kier molecular flexibility index (Phi) is 2.53. The van der Waals surface area contributed by atoms with Gasteiger partial charge in [-0.1, -0.05) is 13.8 Å². The number of carbonyl (C=O) groups is 1. The summed E-state index contributed by atoms with van der Waals surface area (Å²) in [6.45, 7) is 4.05. The highest BCUT2D eigenvalue weighted by molar-refractivity contribution is 5.76. The second kappa shape index (κ2) is 3.24. The molecular formula is C9H17NO. The molecular weight excluding hydrogens is 138 g/mol. The van der Waals surface area contributed by atoms with E-state index in [-0.39, 0.29) is 11.4 Å². The number of nitrogens with one attached hydrogen (secondary N) is 1. The van der Waals surface area contributed by atoms with Crippen LogP contribution in [0.2, 0.25) is 0 Å². The van der Waals surface area contributed by atoms with Crippen molar-refractivity contribution in [1.82, 2.24) is 5.32 Å². The molecule has 0 aromatic carbocycles. The zero-order valence-electron chi connectivity index (χ0n) is 7.44. The van der Waals surface area contributed by atoms with Gasteiger partial charge in [-0.15, -0.1) is 0 Å². The van der Waals surface area contributed by atoms with Crippen LogP contribution in [0.3, 0.4) is 0 Å². The van der Waals surface area contributed by atoms with Crippen LogP contribution in [0.25, 0.3) is 0 Å². The molecule has 1 amide bonds. The minimum atomic E-state index is 0.188. The summed E-state index contributed by atoms with van der Waals surface area (Å²) >= 11 is 0. The molecule has 1 aliphatic rings. The Morgan fingerprint density at radius 1 is 1.45 bits per heavy atom. The fourth-order valence-electron chi connectivity index (χ4n) is 1.55. The topological polar surface area (TPSA) is 29.1 Å². The first-order valence-electron chi connectivity index (χ1n) is 4.53. The lowest BCUT2D eigenvalue weighted by Gasteiger charge is -2.42. The Morgan fingerprint density at radius 2 is 2.09 bits per heavy atom. The zero-order valence-corrected chi connectivity index (χ0v) is 7.44. The summed E-state index contributed by atoms with van der Waals surface area (Å²) in [7, 11) is 0. The van der Waals surface area contributed by atoms with Crippen molar-refractivity contribution in [2.24, 2.45) is 0 Å². The van der Waals surface area contributed by atoms with Crippen LogP contribution >= 0.6 is 0 Å². The molecule has 0 aromatic rings. The van der Waals surface area contributed by atoms with E-state index in [0.29, 0.717) is 6.42 Å². The van der Waals surface area contributed by atoms with Gasteiger partial charge in [0, 0.05) is 12.0 Å². The Balaban J connectivity index is 2.38. The van der Waals surface area contributed by atoms with E-state index in [1.165, 1.54) is 19.3 Å². The van der Waals surface area contributed by atoms with Crippen molar-refractivity contribution in [3.63, 3.8) is 0 Å². The van der Waals surface area contributed by atoms with Crippen LogP contribution in [0.1, 0.15) is 46.0 Å². The Bertz CT molecular complexity index is 144. The van der Waals surface area contributed by atoms with Crippen molar-refractivity contribution >= 4 is 5.91 Å². The second-order valence-corrected chi connectivity index (χ2v) is 3.39. The molecule has 0 unspecified atom stereocenters. The number of carbonyl (C=O) groups excluding carboxylic acids is 1. The van der Waals surface area contributed by atoms with Crippen molar-refractivity contribution in [3.8, 4) is 0 Å². The molecule has 0 saturated heterocycles. The standard InChI is InChI=1S/C9H17NO/c1-3-8(11)10-9(4-2)6-5-7-9/h3-7H2,1-2H3,(H,10,11). The molecule has 0 aromatic heterocycles. The highest BCUT2D eigenvalue weighted by atomic mass is 16.1. The minimum absolute atomic E-state index is 0.188. The summed E-state index contributed by atoms with van der Waals surface area (Å²) in [4.78, 5) is 11.1. The zero-order chi connectivity index (χ0) is 8.32. The van der Waals surface area contributed by atoms with Gasteiger partial charge < -0.3 is 5.32 Å². The van der Waals surface area contributed by atoms with Crippen LogP contribution in [0.5, 0.6) is 0 Å². The highest BCUT2D eigenvalue weighted by Gasteiger charge is 2.35. The fourth-order valence-corrected chi connectivity index (χ4v) is 1.55. The molecule has 1 aliphatic carbocycles. The Morgan fingerprint density at radius 3 is 2.36 bits per heavy atom.